The zero-order chi connectivity index (χ0) is 12.8. The maximum atomic E-state index is 11.8. The summed E-state index contributed by atoms with van der Waals surface area (Å²) in [6.45, 7) is 3.58. The van der Waals surface area contributed by atoms with E-state index in [1.807, 2.05) is 24.3 Å². The predicted molar refractivity (Wildman–Crippen MR) is 71.8 cm³/mol. The smallest absolute Gasteiger partial charge is 0.319 e. The van der Waals surface area contributed by atoms with E-state index < -0.39 is 0 Å². The highest BCUT2D eigenvalue weighted by Gasteiger charge is 2.15. The van der Waals surface area contributed by atoms with Crippen LogP contribution in [0.25, 0.3) is 0 Å². The van der Waals surface area contributed by atoms with E-state index in [2.05, 4.69) is 17.6 Å². The standard InChI is InChI=1S/C14H20N2O2/c1-2-11-3-5-12(6-4-11)15-14(17)16-13-7-9-18-10-8-13/h3-6,13H,2,7-10H2,1H3,(H2,15,16,17). The van der Waals surface area contributed by atoms with E-state index in [0.29, 0.717) is 0 Å². The third-order valence-corrected chi connectivity index (χ3v) is 3.18. The van der Waals surface area contributed by atoms with Gasteiger partial charge in [-0.3, -0.25) is 0 Å². The maximum absolute atomic E-state index is 11.8. The van der Waals surface area contributed by atoms with Gasteiger partial charge in [-0.2, -0.15) is 0 Å². The van der Waals surface area contributed by atoms with Gasteiger partial charge in [0.2, 0.25) is 0 Å². The Hall–Kier alpha value is -1.55. The lowest BCUT2D eigenvalue weighted by atomic mass is 10.1. The predicted octanol–water partition coefficient (Wildman–Crippen LogP) is 2.55. The molecule has 1 aliphatic rings. The fourth-order valence-corrected chi connectivity index (χ4v) is 2.02. The van der Waals surface area contributed by atoms with Gasteiger partial charge >= 0.3 is 6.03 Å². The summed E-state index contributed by atoms with van der Waals surface area (Å²) in [4.78, 5) is 11.8. The van der Waals surface area contributed by atoms with Crippen LogP contribution in [0.5, 0.6) is 0 Å². The molecule has 0 spiro atoms. The number of hydrogen-bond donors (Lipinski definition) is 2. The average molecular weight is 248 g/mol. The zero-order valence-electron chi connectivity index (χ0n) is 10.7. The van der Waals surface area contributed by atoms with Gasteiger partial charge in [0.1, 0.15) is 0 Å². The fourth-order valence-electron chi connectivity index (χ4n) is 2.02. The van der Waals surface area contributed by atoms with Crippen LogP contribution in [0, 0.1) is 0 Å². The molecule has 0 saturated carbocycles. The Bertz CT molecular complexity index is 383. The Labute approximate surface area is 108 Å². The highest BCUT2D eigenvalue weighted by atomic mass is 16.5. The Morgan fingerprint density at radius 3 is 2.56 bits per heavy atom. The van der Waals surface area contributed by atoms with Crippen LogP contribution in [0.15, 0.2) is 24.3 Å². The zero-order valence-corrected chi connectivity index (χ0v) is 10.7. The summed E-state index contributed by atoms with van der Waals surface area (Å²) < 4.78 is 5.25. The number of aryl methyl sites for hydroxylation is 1. The van der Waals surface area contributed by atoms with Crippen molar-refractivity contribution in [3.63, 3.8) is 0 Å². The molecule has 1 saturated heterocycles. The van der Waals surface area contributed by atoms with Gasteiger partial charge in [-0.25, -0.2) is 4.79 Å². The van der Waals surface area contributed by atoms with Crippen LogP contribution < -0.4 is 10.6 Å². The minimum Gasteiger partial charge on any atom is -0.381 e. The third-order valence-electron chi connectivity index (χ3n) is 3.18. The van der Waals surface area contributed by atoms with Crippen LogP contribution in [0.4, 0.5) is 10.5 Å². The molecule has 1 aliphatic heterocycles. The molecule has 1 aromatic carbocycles. The van der Waals surface area contributed by atoms with Gasteiger partial charge in [0.05, 0.1) is 0 Å². The summed E-state index contributed by atoms with van der Waals surface area (Å²) in [6, 6.07) is 8.03. The van der Waals surface area contributed by atoms with Crippen molar-refractivity contribution >= 4 is 11.7 Å². The number of anilines is 1. The molecule has 0 bridgehead atoms. The molecule has 1 heterocycles. The van der Waals surface area contributed by atoms with Crippen LogP contribution >= 0.6 is 0 Å². The second kappa shape index (κ2) is 6.40. The van der Waals surface area contributed by atoms with Crippen molar-refractivity contribution in [2.45, 2.75) is 32.2 Å². The molecule has 18 heavy (non-hydrogen) atoms. The normalized spacial score (nSPS) is 16.3. The first-order chi connectivity index (χ1) is 8.78. The number of carbonyl (C=O) groups is 1. The minimum atomic E-state index is -0.133. The maximum Gasteiger partial charge on any atom is 0.319 e. The molecule has 0 radical (unpaired) electrons. The Morgan fingerprint density at radius 2 is 1.94 bits per heavy atom. The number of amides is 2. The number of nitrogens with one attached hydrogen (secondary N) is 2. The lowest BCUT2D eigenvalue weighted by molar-refractivity contribution is 0.0806. The van der Waals surface area contributed by atoms with Crippen molar-refractivity contribution < 1.29 is 9.53 Å². The number of urea groups is 1. The summed E-state index contributed by atoms with van der Waals surface area (Å²) >= 11 is 0. The first kappa shape index (κ1) is 12.9. The molecule has 0 atom stereocenters. The number of ether oxygens (including phenoxy) is 1. The lowest BCUT2D eigenvalue weighted by Gasteiger charge is -2.23. The quantitative estimate of drug-likeness (QED) is 0.863. The minimum absolute atomic E-state index is 0.133. The SMILES string of the molecule is CCc1ccc(NC(=O)NC2CCOCC2)cc1. The summed E-state index contributed by atoms with van der Waals surface area (Å²) in [5, 5.41) is 5.82. The molecule has 2 amide bonds. The molecular weight excluding hydrogens is 228 g/mol. The molecule has 98 valence electrons. The molecule has 0 aromatic heterocycles. The largest absolute Gasteiger partial charge is 0.381 e. The average Bonchev–Trinajstić information content (AvgIpc) is 2.40. The van der Waals surface area contributed by atoms with E-state index in [-0.39, 0.29) is 12.1 Å². The first-order valence-electron chi connectivity index (χ1n) is 6.52. The van der Waals surface area contributed by atoms with E-state index in [0.717, 1.165) is 38.2 Å². The van der Waals surface area contributed by atoms with Crippen molar-refractivity contribution in [3.05, 3.63) is 29.8 Å². The van der Waals surface area contributed by atoms with Gasteiger partial charge in [0, 0.05) is 24.9 Å². The van der Waals surface area contributed by atoms with Crippen LogP contribution in [-0.4, -0.2) is 25.3 Å². The van der Waals surface area contributed by atoms with E-state index >= 15 is 0 Å². The molecule has 0 unspecified atom stereocenters. The van der Waals surface area contributed by atoms with Crippen molar-refractivity contribution in [1.29, 1.82) is 0 Å². The number of carbonyl (C=O) groups excluding carboxylic acids is 1. The Balaban J connectivity index is 1.82. The summed E-state index contributed by atoms with van der Waals surface area (Å²) in [5.41, 5.74) is 2.10. The van der Waals surface area contributed by atoms with Gasteiger partial charge in [-0.05, 0) is 37.0 Å². The van der Waals surface area contributed by atoms with Crippen LogP contribution in [-0.2, 0) is 11.2 Å². The highest BCUT2D eigenvalue weighted by molar-refractivity contribution is 5.89. The van der Waals surface area contributed by atoms with E-state index in [4.69, 9.17) is 4.74 Å². The molecule has 1 fully saturated rings. The molecule has 4 nitrogen and oxygen atoms in total. The van der Waals surface area contributed by atoms with Gasteiger partial charge in [0.25, 0.3) is 0 Å². The Kier molecular flexibility index (Phi) is 4.59. The third kappa shape index (κ3) is 3.74. The van der Waals surface area contributed by atoms with Crippen LogP contribution in [0.3, 0.4) is 0 Å². The van der Waals surface area contributed by atoms with Crippen LogP contribution in [0.1, 0.15) is 25.3 Å². The molecule has 1 aromatic rings. The fraction of sp³-hybridized carbons (Fsp3) is 0.500. The van der Waals surface area contributed by atoms with E-state index in [9.17, 15) is 4.79 Å². The van der Waals surface area contributed by atoms with Gasteiger partial charge in [-0.15, -0.1) is 0 Å². The topological polar surface area (TPSA) is 50.4 Å². The van der Waals surface area contributed by atoms with Gasteiger partial charge < -0.3 is 15.4 Å². The van der Waals surface area contributed by atoms with Crippen LogP contribution in [0.2, 0.25) is 0 Å². The van der Waals surface area contributed by atoms with E-state index in [1.165, 1.54) is 5.56 Å². The van der Waals surface area contributed by atoms with Crippen molar-refractivity contribution in [2.75, 3.05) is 18.5 Å². The lowest BCUT2D eigenvalue weighted by Crippen LogP contribution is -2.41. The molecule has 2 N–H and O–H groups in total. The number of benzene rings is 1. The van der Waals surface area contributed by atoms with Gasteiger partial charge in [0.15, 0.2) is 0 Å². The van der Waals surface area contributed by atoms with Crippen molar-refractivity contribution in [2.24, 2.45) is 0 Å². The monoisotopic (exact) mass is 248 g/mol. The second-order valence-electron chi connectivity index (χ2n) is 4.54. The molecular formula is C14H20N2O2. The van der Waals surface area contributed by atoms with Crippen molar-refractivity contribution in [3.8, 4) is 0 Å². The number of hydrogen-bond acceptors (Lipinski definition) is 2. The van der Waals surface area contributed by atoms with E-state index in [1.54, 1.807) is 0 Å². The first-order valence-corrected chi connectivity index (χ1v) is 6.52. The second-order valence-corrected chi connectivity index (χ2v) is 4.54. The molecule has 4 heteroatoms. The summed E-state index contributed by atoms with van der Waals surface area (Å²) in [5.74, 6) is 0. The summed E-state index contributed by atoms with van der Waals surface area (Å²) in [7, 11) is 0. The summed E-state index contributed by atoms with van der Waals surface area (Å²) in [6.07, 6.45) is 2.79. The van der Waals surface area contributed by atoms with Crippen molar-refractivity contribution in [1.82, 2.24) is 5.32 Å². The molecule has 2 rings (SSSR count). The highest BCUT2D eigenvalue weighted by Crippen LogP contribution is 2.11. The number of rotatable bonds is 3. The Morgan fingerprint density at radius 1 is 1.28 bits per heavy atom. The molecule has 0 aliphatic carbocycles. The van der Waals surface area contributed by atoms with Gasteiger partial charge in [-0.1, -0.05) is 19.1 Å².